The highest BCUT2D eigenvalue weighted by molar-refractivity contribution is 7.99. The van der Waals surface area contributed by atoms with Gasteiger partial charge in [0.05, 0.1) is 5.75 Å². The van der Waals surface area contributed by atoms with Crippen molar-refractivity contribution < 1.29 is 9.59 Å². The molecule has 2 aromatic rings. The minimum atomic E-state index is -0.179. The van der Waals surface area contributed by atoms with Crippen LogP contribution in [0.3, 0.4) is 0 Å². The van der Waals surface area contributed by atoms with Gasteiger partial charge in [0.15, 0.2) is 5.16 Å². The lowest BCUT2D eigenvalue weighted by molar-refractivity contribution is -0.113. The molecule has 1 aromatic carbocycles. The summed E-state index contributed by atoms with van der Waals surface area (Å²) in [4.78, 5) is 23.9. The van der Waals surface area contributed by atoms with E-state index in [1.54, 1.807) is 41.2 Å². The van der Waals surface area contributed by atoms with Gasteiger partial charge in [-0.15, -0.1) is 16.8 Å². The third kappa shape index (κ3) is 4.95. The van der Waals surface area contributed by atoms with E-state index in [4.69, 9.17) is 0 Å². The van der Waals surface area contributed by atoms with Gasteiger partial charge in [-0.3, -0.25) is 9.59 Å². The average molecular weight is 345 g/mol. The molecule has 1 aromatic heterocycles. The molecule has 126 valence electrons. The van der Waals surface area contributed by atoms with Crippen LogP contribution in [0.1, 0.15) is 17.3 Å². The van der Waals surface area contributed by atoms with Gasteiger partial charge >= 0.3 is 0 Å². The van der Waals surface area contributed by atoms with Gasteiger partial charge in [-0.1, -0.05) is 23.9 Å². The number of hydrogen-bond acceptors (Lipinski definition) is 5. The lowest BCUT2D eigenvalue weighted by Gasteiger charge is -2.07. The number of hydrogen-bond donors (Lipinski definition) is 2. The SMILES string of the molecule is C=CCn1cnnc1SCC(=O)Nc1cccc(C(=O)NCC)c1. The van der Waals surface area contributed by atoms with E-state index >= 15 is 0 Å². The number of anilines is 1. The molecular weight excluding hydrogens is 326 g/mol. The van der Waals surface area contributed by atoms with Crippen LogP contribution in [0.5, 0.6) is 0 Å². The van der Waals surface area contributed by atoms with Gasteiger partial charge in [-0.2, -0.15) is 0 Å². The smallest absolute Gasteiger partial charge is 0.251 e. The molecule has 0 radical (unpaired) electrons. The Kier molecular flexibility index (Phi) is 6.56. The maximum Gasteiger partial charge on any atom is 0.251 e. The Labute approximate surface area is 144 Å². The average Bonchev–Trinajstić information content (AvgIpc) is 3.01. The number of amides is 2. The first-order valence-electron chi connectivity index (χ1n) is 7.43. The van der Waals surface area contributed by atoms with Crippen LogP contribution in [0.15, 0.2) is 48.4 Å². The molecule has 2 rings (SSSR count). The lowest BCUT2D eigenvalue weighted by atomic mass is 10.2. The maximum absolute atomic E-state index is 12.1. The predicted octanol–water partition coefficient (Wildman–Crippen LogP) is 1.94. The summed E-state index contributed by atoms with van der Waals surface area (Å²) >= 11 is 1.29. The summed E-state index contributed by atoms with van der Waals surface area (Å²) in [6.07, 6.45) is 3.33. The maximum atomic E-state index is 12.1. The quantitative estimate of drug-likeness (QED) is 0.564. The zero-order chi connectivity index (χ0) is 17.4. The molecule has 8 heteroatoms. The minimum absolute atomic E-state index is 0.166. The molecule has 0 spiro atoms. The second-order valence-electron chi connectivity index (χ2n) is 4.83. The van der Waals surface area contributed by atoms with Gasteiger partial charge in [0.25, 0.3) is 5.91 Å². The number of aromatic nitrogens is 3. The Morgan fingerprint density at radius 1 is 1.42 bits per heavy atom. The molecule has 24 heavy (non-hydrogen) atoms. The fourth-order valence-electron chi connectivity index (χ4n) is 1.95. The van der Waals surface area contributed by atoms with E-state index in [1.165, 1.54) is 11.8 Å². The summed E-state index contributed by atoms with van der Waals surface area (Å²) in [6.45, 7) is 6.66. The van der Waals surface area contributed by atoms with Crippen molar-refractivity contribution in [2.75, 3.05) is 17.6 Å². The summed E-state index contributed by atoms with van der Waals surface area (Å²) in [5.74, 6) is -0.150. The van der Waals surface area contributed by atoms with Gasteiger partial charge < -0.3 is 15.2 Å². The van der Waals surface area contributed by atoms with Crippen molar-refractivity contribution >= 4 is 29.3 Å². The van der Waals surface area contributed by atoms with Crippen molar-refractivity contribution in [1.82, 2.24) is 20.1 Å². The third-order valence-electron chi connectivity index (χ3n) is 2.98. The number of thioether (sulfide) groups is 1. The van der Waals surface area contributed by atoms with Gasteiger partial charge in [0.1, 0.15) is 6.33 Å². The molecule has 0 atom stereocenters. The Hall–Kier alpha value is -2.61. The van der Waals surface area contributed by atoms with Crippen molar-refractivity contribution in [2.45, 2.75) is 18.6 Å². The molecule has 2 N–H and O–H groups in total. The van der Waals surface area contributed by atoms with Gasteiger partial charge in [-0.05, 0) is 25.1 Å². The first-order valence-corrected chi connectivity index (χ1v) is 8.42. The molecular formula is C16H19N5O2S. The van der Waals surface area contributed by atoms with Crippen molar-refractivity contribution in [1.29, 1.82) is 0 Å². The van der Waals surface area contributed by atoms with E-state index < -0.39 is 0 Å². The molecule has 0 saturated heterocycles. The Morgan fingerprint density at radius 3 is 3.00 bits per heavy atom. The van der Waals surface area contributed by atoms with E-state index in [1.807, 2.05) is 6.92 Å². The number of nitrogens with one attached hydrogen (secondary N) is 2. The number of allylic oxidation sites excluding steroid dienone is 1. The number of nitrogens with zero attached hydrogens (tertiary/aromatic N) is 3. The largest absolute Gasteiger partial charge is 0.352 e. The van der Waals surface area contributed by atoms with Crippen molar-refractivity contribution in [2.24, 2.45) is 0 Å². The molecule has 0 unspecified atom stereocenters. The van der Waals surface area contributed by atoms with Crippen LogP contribution in [-0.4, -0.2) is 38.9 Å². The Morgan fingerprint density at radius 2 is 2.25 bits per heavy atom. The molecule has 1 heterocycles. The topological polar surface area (TPSA) is 88.9 Å². The zero-order valence-corrected chi connectivity index (χ0v) is 14.2. The molecule has 0 aliphatic heterocycles. The monoisotopic (exact) mass is 345 g/mol. The van der Waals surface area contributed by atoms with E-state index in [-0.39, 0.29) is 17.6 Å². The van der Waals surface area contributed by atoms with Gasteiger partial charge in [-0.25, -0.2) is 0 Å². The fraction of sp³-hybridized carbons (Fsp3) is 0.250. The first-order chi connectivity index (χ1) is 11.6. The number of carbonyl (C=O) groups is 2. The first kappa shape index (κ1) is 17.7. The molecule has 7 nitrogen and oxygen atoms in total. The van der Waals surface area contributed by atoms with E-state index in [0.717, 1.165) is 0 Å². The molecule has 2 amide bonds. The van der Waals surface area contributed by atoms with Gasteiger partial charge in [0, 0.05) is 24.3 Å². The van der Waals surface area contributed by atoms with E-state index in [2.05, 4.69) is 27.4 Å². The second-order valence-corrected chi connectivity index (χ2v) is 5.77. The highest BCUT2D eigenvalue weighted by Gasteiger charge is 2.10. The van der Waals surface area contributed by atoms with E-state index in [9.17, 15) is 9.59 Å². The highest BCUT2D eigenvalue weighted by Crippen LogP contribution is 2.16. The highest BCUT2D eigenvalue weighted by atomic mass is 32.2. The number of benzene rings is 1. The third-order valence-corrected chi connectivity index (χ3v) is 3.96. The summed E-state index contributed by atoms with van der Waals surface area (Å²) in [5.41, 5.74) is 1.09. The summed E-state index contributed by atoms with van der Waals surface area (Å²) in [7, 11) is 0. The van der Waals surface area contributed by atoms with E-state index in [0.29, 0.717) is 29.5 Å². The Balaban J connectivity index is 1.92. The normalized spacial score (nSPS) is 10.2. The van der Waals surface area contributed by atoms with Crippen LogP contribution in [0.25, 0.3) is 0 Å². The molecule has 0 fully saturated rings. The summed E-state index contributed by atoms with van der Waals surface area (Å²) in [5, 5.41) is 13.9. The minimum Gasteiger partial charge on any atom is -0.352 e. The molecule has 0 aliphatic carbocycles. The van der Waals surface area contributed by atoms with Crippen LogP contribution >= 0.6 is 11.8 Å². The van der Waals surface area contributed by atoms with Crippen LogP contribution in [-0.2, 0) is 11.3 Å². The molecule has 0 saturated carbocycles. The van der Waals surface area contributed by atoms with Crippen molar-refractivity contribution in [3.63, 3.8) is 0 Å². The molecule has 0 aliphatic rings. The predicted molar refractivity (Wildman–Crippen MR) is 94.0 cm³/mol. The number of rotatable bonds is 8. The number of carbonyl (C=O) groups excluding carboxylic acids is 2. The lowest BCUT2D eigenvalue weighted by Crippen LogP contribution is -2.23. The summed E-state index contributed by atoms with van der Waals surface area (Å²) < 4.78 is 1.81. The zero-order valence-electron chi connectivity index (χ0n) is 13.4. The van der Waals surface area contributed by atoms with Crippen LogP contribution in [0, 0.1) is 0 Å². The van der Waals surface area contributed by atoms with Crippen molar-refractivity contribution in [3.8, 4) is 0 Å². The van der Waals surface area contributed by atoms with Crippen LogP contribution < -0.4 is 10.6 Å². The van der Waals surface area contributed by atoms with Crippen LogP contribution in [0.2, 0.25) is 0 Å². The van der Waals surface area contributed by atoms with Crippen LogP contribution in [0.4, 0.5) is 5.69 Å². The Bertz CT molecular complexity index is 729. The van der Waals surface area contributed by atoms with Crippen molar-refractivity contribution in [3.05, 3.63) is 48.8 Å². The standard InChI is InChI=1S/C16H19N5O2S/c1-3-8-21-11-18-20-16(21)24-10-14(22)19-13-7-5-6-12(9-13)15(23)17-4-2/h3,5-7,9,11H,1,4,8,10H2,2H3,(H,17,23)(H,19,22). The van der Waals surface area contributed by atoms with Gasteiger partial charge in [0.2, 0.25) is 5.91 Å². The second kappa shape index (κ2) is 8.88. The molecule has 0 bridgehead atoms. The summed E-state index contributed by atoms with van der Waals surface area (Å²) in [6, 6.07) is 6.82. The fourth-order valence-corrected chi connectivity index (χ4v) is 2.67.